The molecular weight excluding hydrogens is 339 g/mol. The van der Waals surface area contributed by atoms with E-state index in [1.165, 1.54) is 9.13 Å². The van der Waals surface area contributed by atoms with Crippen LogP contribution in [0.25, 0.3) is 11.4 Å². The summed E-state index contributed by atoms with van der Waals surface area (Å²) in [6.45, 7) is 1.71. The standard InChI is InChI=1S/C14H15IN2O/c15-12-3-1-11(2-4-12)14-16-7-8-17(14)13-5-9-18-10-6-13/h1-4,7-8,13H,5-6,9-10H2. The van der Waals surface area contributed by atoms with Crippen LogP contribution in [0.3, 0.4) is 0 Å². The van der Waals surface area contributed by atoms with E-state index in [-0.39, 0.29) is 0 Å². The predicted molar refractivity (Wildman–Crippen MR) is 79.5 cm³/mol. The lowest BCUT2D eigenvalue weighted by molar-refractivity contribution is 0.0700. The Kier molecular flexibility index (Phi) is 3.65. The third-order valence-corrected chi connectivity index (χ3v) is 4.07. The summed E-state index contributed by atoms with van der Waals surface area (Å²) >= 11 is 2.32. The number of nitrogens with zero attached hydrogens (tertiary/aromatic N) is 2. The van der Waals surface area contributed by atoms with Crippen molar-refractivity contribution in [3.05, 3.63) is 40.2 Å². The first kappa shape index (κ1) is 12.2. The molecule has 0 bridgehead atoms. The van der Waals surface area contributed by atoms with E-state index in [4.69, 9.17) is 4.74 Å². The van der Waals surface area contributed by atoms with E-state index < -0.39 is 0 Å². The summed E-state index contributed by atoms with van der Waals surface area (Å²) in [5.41, 5.74) is 1.19. The van der Waals surface area contributed by atoms with Gasteiger partial charge in [0.1, 0.15) is 5.82 Å². The molecule has 1 aromatic carbocycles. The molecule has 0 aliphatic carbocycles. The first-order valence-corrected chi connectivity index (χ1v) is 7.29. The largest absolute Gasteiger partial charge is 0.381 e. The lowest BCUT2D eigenvalue weighted by Crippen LogP contribution is -2.19. The quantitative estimate of drug-likeness (QED) is 0.772. The van der Waals surface area contributed by atoms with E-state index in [1.807, 2.05) is 6.20 Å². The molecule has 0 spiro atoms. The predicted octanol–water partition coefficient (Wildman–Crippen LogP) is 3.51. The fourth-order valence-electron chi connectivity index (χ4n) is 2.39. The highest BCUT2D eigenvalue weighted by Gasteiger charge is 2.18. The molecule has 1 aromatic heterocycles. The molecule has 1 aliphatic heterocycles. The number of halogens is 1. The van der Waals surface area contributed by atoms with Crippen molar-refractivity contribution < 1.29 is 4.74 Å². The lowest BCUT2D eigenvalue weighted by atomic mass is 10.1. The van der Waals surface area contributed by atoms with Crippen molar-refractivity contribution in [2.45, 2.75) is 18.9 Å². The van der Waals surface area contributed by atoms with Crippen molar-refractivity contribution in [2.75, 3.05) is 13.2 Å². The summed E-state index contributed by atoms with van der Waals surface area (Å²) < 4.78 is 8.97. The van der Waals surface area contributed by atoms with Crippen molar-refractivity contribution >= 4 is 22.6 Å². The molecule has 0 saturated carbocycles. The van der Waals surface area contributed by atoms with Gasteiger partial charge in [0.2, 0.25) is 0 Å². The average molecular weight is 354 g/mol. The number of ether oxygens (including phenoxy) is 1. The summed E-state index contributed by atoms with van der Waals surface area (Å²) in [4.78, 5) is 4.51. The third-order valence-electron chi connectivity index (χ3n) is 3.36. The van der Waals surface area contributed by atoms with Crippen LogP contribution >= 0.6 is 22.6 Å². The van der Waals surface area contributed by atoms with E-state index in [9.17, 15) is 0 Å². The molecular formula is C14H15IN2O. The summed E-state index contributed by atoms with van der Waals surface area (Å²) in [5, 5.41) is 0. The Balaban J connectivity index is 1.93. The van der Waals surface area contributed by atoms with Gasteiger partial charge in [0.05, 0.1) is 0 Å². The highest BCUT2D eigenvalue weighted by molar-refractivity contribution is 14.1. The van der Waals surface area contributed by atoms with Gasteiger partial charge >= 0.3 is 0 Å². The molecule has 4 heteroatoms. The van der Waals surface area contributed by atoms with E-state index in [1.54, 1.807) is 0 Å². The number of hydrogen-bond acceptors (Lipinski definition) is 2. The molecule has 1 aliphatic rings. The second kappa shape index (κ2) is 5.40. The molecule has 1 saturated heterocycles. The van der Waals surface area contributed by atoms with Gasteiger partial charge in [-0.3, -0.25) is 0 Å². The number of hydrogen-bond donors (Lipinski definition) is 0. The van der Waals surface area contributed by atoms with Gasteiger partial charge in [-0.15, -0.1) is 0 Å². The molecule has 0 N–H and O–H groups in total. The molecule has 0 atom stereocenters. The van der Waals surface area contributed by atoms with E-state index in [2.05, 4.69) is 62.6 Å². The summed E-state index contributed by atoms with van der Waals surface area (Å²) in [6.07, 6.45) is 6.13. The van der Waals surface area contributed by atoms with Crippen LogP contribution in [0.15, 0.2) is 36.7 Å². The molecule has 1 fully saturated rings. The Morgan fingerprint density at radius 3 is 2.61 bits per heavy atom. The van der Waals surface area contributed by atoms with E-state index in [0.29, 0.717) is 6.04 Å². The second-order valence-corrected chi connectivity index (χ2v) is 5.75. The van der Waals surface area contributed by atoms with Crippen molar-refractivity contribution in [2.24, 2.45) is 0 Å². The summed E-state index contributed by atoms with van der Waals surface area (Å²) in [7, 11) is 0. The zero-order valence-corrected chi connectivity index (χ0v) is 12.2. The fourth-order valence-corrected chi connectivity index (χ4v) is 2.75. The molecule has 3 nitrogen and oxygen atoms in total. The monoisotopic (exact) mass is 354 g/mol. The molecule has 3 rings (SSSR count). The summed E-state index contributed by atoms with van der Waals surface area (Å²) in [6, 6.07) is 9.05. The molecule has 94 valence electrons. The maximum absolute atomic E-state index is 5.42. The topological polar surface area (TPSA) is 27.1 Å². The van der Waals surface area contributed by atoms with Gasteiger partial charge in [-0.25, -0.2) is 4.98 Å². The first-order chi connectivity index (χ1) is 8.84. The lowest BCUT2D eigenvalue weighted by Gasteiger charge is -2.25. The number of imidazole rings is 1. The zero-order valence-electron chi connectivity index (χ0n) is 10.1. The molecule has 2 heterocycles. The van der Waals surface area contributed by atoms with Crippen molar-refractivity contribution in [3.63, 3.8) is 0 Å². The fraction of sp³-hybridized carbons (Fsp3) is 0.357. The third kappa shape index (κ3) is 2.44. The molecule has 2 aromatic rings. The van der Waals surface area contributed by atoms with Crippen molar-refractivity contribution in [1.29, 1.82) is 0 Å². The van der Waals surface area contributed by atoms with Gasteiger partial charge < -0.3 is 9.30 Å². The molecule has 0 radical (unpaired) electrons. The molecule has 0 unspecified atom stereocenters. The molecule has 18 heavy (non-hydrogen) atoms. The van der Waals surface area contributed by atoms with Crippen LogP contribution in [0.1, 0.15) is 18.9 Å². The van der Waals surface area contributed by atoms with Crippen LogP contribution in [0.4, 0.5) is 0 Å². The average Bonchev–Trinajstić information content (AvgIpc) is 2.90. The normalized spacial score (nSPS) is 16.9. The smallest absolute Gasteiger partial charge is 0.140 e. The van der Waals surface area contributed by atoms with Crippen LogP contribution in [0.2, 0.25) is 0 Å². The van der Waals surface area contributed by atoms with Gasteiger partial charge in [-0.1, -0.05) is 12.1 Å². The van der Waals surface area contributed by atoms with Gasteiger partial charge in [0.25, 0.3) is 0 Å². The maximum atomic E-state index is 5.42. The minimum atomic E-state index is 0.524. The Morgan fingerprint density at radius 2 is 1.89 bits per heavy atom. The summed E-state index contributed by atoms with van der Waals surface area (Å²) in [5.74, 6) is 1.07. The van der Waals surface area contributed by atoms with Gasteiger partial charge in [0, 0.05) is 40.8 Å². The van der Waals surface area contributed by atoms with Gasteiger partial charge in [-0.2, -0.15) is 0 Å². The Hall–Kier alpha value is -0.880. The Bertz CT molecular complexity index is 515. The number of rotatable bonds is 2. The minimum absolute atomic E-state index is 0.524. The van der Waals surface area contributed by atoms with Crippen LogP contribution in [0, 0.1) is 3.57 Å². The second-order valence-electron chi connectivity index (χ2n) is 4.51. The zero-order chi connectivity index (χ0) is 12.4. The van der Waals surface area contributed by atoms with Crippen LogP contribution in [-0.4, -0.2) is 22.8 Å². The maximum Gasteiger partial charge on any atom is 0.140 e. The Labute approximate surface area is 120 Å². The number of benzene rings is 1. The van der Waals surface area contributed by atoms with E-state index in [0.717, 1.165) is 31.9 Å². The molecule has 0 amide bonds. The minimum Gasteiger partial charge on any atom is -0.381 e. The highest BCUT2D eigenvalue weighted by atomic mass is 127. The first-order valence-electron chi connectivity index (χ1n) is 6.21. The van der Waals surface area contributed by atoms with Gasteiger partial charge in [-0.05, 0) is 47.6 Å². The van der Waals surface area contributed by atoms with Crippen molar-refractivity contribution in [1.82, 2.24) is 9.55 Å². The van der Waals surface area contributed by atoms with Crippen molar-refractivity contribution in [3.8, 4) is 11.4 Å². The van der Waals surface area contributed by atoms with Crippen LogP contribution in [0.5, 0.6) is 0 Å². The highest BCUT2D eigenvalue weighted by Crippen LogP contribution is 2.27. The Morgan fingerprint density at radius 1 is 1.17 bits per heavy atom. The van der Waals surface area contributed by atoms with E-state index >= 15 is 0 Å². The van der Waals surface area contributed by atoms with Crippen LogP contribution < -0.4 is 0 Å². The van der Waals surface area contributed by atoms with Crippen LogP contribution in [-0.2, 0) is 4.74 Å². The van der Waals surface area contributed by atoms with Gasteiger partial charge in [0.15, 0.2) is 0 Å². The number of aromatic nitrogens is 2. The SMILES string of the molecule is Ic1ccc(-c2nccn2C2CCOCC2)cc1.